The van der Waals surface area contributed by atoms with Crippen molar-refractivity contribution in [3.05, 3.63) is 131 Å². The van der Waals surface area contributed by atoms with E-state index in [2.05, 4.69) is 32.7 Å². The van der Waals surface area contributed by atoms with Crippen molar-refractivity contribution in [2.45, 2.75) is 90.8 Å². The number of likely N-dealkylation sites (tertiary alicyclic amines) is 2. The number of amides is 4. The van der Waals surface area contributed by atoms with Gasteiger partial charge in [0.15, 0.2) is 0 Å². The predicted molar refractivity (Wildman–Crippen MR) is 247 cm³/mol. The second kappa shape index (κ2) is 17.6. The van der Waals surface area contributed by atoms with Gasteiger partial charge in [-0.15, -0.1) is 0 Å². The molecule has 14 heteroatoms. The van der Waals surface area contributed by atoms with Crippen molar-refractivity contribution >= 4 is 23.6 Å². The SMILES string of the molecule is CC(C)C(=O)N[C@@H](C(=O)N1CCC[C@H]1c1ncc(-c2cc3c4c(c2)OCc2cc(-c5cnc([C@@H]6CCCN6C(=O)[C@H](NC(=O)C(C)C)c6ccccc6)[nH]5)cc(c2-4)OC3)[nH]1)c1ccccc1. The molecule has 4 aromatic carbocycles. The normalized spacial score (nSPS) is 18.1. The van der Waals surface area contributed by atoms with E-state index in [0.29, 0.717) is 38.0 Å². The minimum atomic E-state index is -0.798. The van der Waals surface area contributed by atoms with E-state index in [1.54, 1.807) is 0 Å². The third kappa shape index (κ3) is 7.98. The topological polar surface area (TPSA) is 175 Å². The molecule has 0 aliphatic carbocycles. The summed E-state index contributed by atoms with van der Waals surface area (Å²) >= 11 is 0. The van der Waals surface area contributed by atoms with Gasteiger partial charge in [0.2, 0.25) is 23.6 Å². The second-order valence-electron chi connectivity index (χ2n) is 18.4. The van der Waals surface area contributed by atoms with Gasteiger partial charge in [-0.3, -0.25) is 19.2 Å². The maximum atomic E-state index is 14.2. The van der Waals surface area contributed by atoms with Gasteiger partial charge < -0.3 is 39.9 Å². The number of imidazole rings is 2. The van der Waals surface area contributed by atoms with Crippen LogP contribution in [0.15, 0.2) is 97.3 Å². The minimum absolute atomic E-state index is 0.153. The van der Waals surface area contributed by atoms with Crippen molar-refractivity contribution in [3.8, 4) is 45.1 Å². The highest BCUT2D eigenvalue weighted by atomic mass is 16.5. The molecular formula is C52H54N8O6. The number of benzene rings is 4. The van der Waals surface area contributed by atoms with E-state index >= 15 is 0 Å². The zero-order valence-electron chi connectivity index (χ0n) is 37.6. The van der Waals surface area contributed by atoms with Crippen molar-refractivity contribution in [2.75, 3.05) is 13.1 Å². The molecule has 4 aliphatic heterocycles. The number of carbonyl (C=O) groups excluding carboxylic acids is 4. The molecule has 6 aromatic rings. The molecule has 0 spiro atoms. The first kappa shape index (κ1) is 42.7. The summed E-state index contributed by atoms with van der Waals surface area (Å²) < 4.78 is 13.0. The number of H-pyrrole nitrogens is 2. The number of aromatic amines is 2. The molecule has 2 fully saturated rings. The summed E-state index contributed by atoms with van der Waals surface area (Å²) in [5.41, 5.74) is 8.92. The number of nitrogens with zero attached hydrogens (tertiary/aromatic N) is 4. The number of hydrogen-bond acceptors (Lipinski definition) is 8. The summed E-state index contributed by atoms with van der Waals surface area (Å²) in [4.78, 5) is 74.5. The molecule has 338 valence electrons. The van der Waals surface area contributed by atoms with Gasteiger partial charge in [-0.2, -0.15) is 0 Å². The molecule has 6 heterocycles. The van der Waals surface area contributed by atoms with Gasteiger partial charge in [0, 0.05) is 58.3 Å². The van der Waals surface area contributed by atoms with Crippen molar-refractivity contribution in [3.63, 3.8) is 0 Å². The molecule has 2 aromatic heterocycles. The van der Waals surface area contributed by atoms with Crippen LogP contribution in [0.3, 0.4) is 0 Å². The Bertz CT molecular complexity index is 2580. The lowest BCUT2D eigenvalue weighted by molar-refractivity contribution is -0.138. The summed E-state index contributed by atoms with van der Waals surface area (Å²) in [6.07, 6.45) is 6.76. The highest BCUT2D eigenvalue weighted by molar-refractivity contribution is 5.91. The molecule has 0 saturated carbocycles. The smallest absolute Gasteiger partial charge is 0.250 e. The van der Waals surface area contributed by atoms with Gasteiger partial charge >= 0.3 is 0 Å². The van der Waals surface area contributed by atoms with E-state index < -0.39 is 12.1 Å². The molecule has 14 nitrogen and oxygen atoms in total. The summed E-state index contributed by atoms with van der Waals surface area (Å²) in [6, 6.07) is 25.0. The fourth-order valence-corrected chi connectivity index (χ4v) is 9.74. The van der Waals surface area contributed by atoms with Crippen LogP contribution in [0, 0.1) is 11.8 Å². The maximum Gasteiger partial charge on any atom is 0.250 e. The van der Waals surface area contributed by atoms with Crippen molar-refractivity contribution < 1.29 is 28.7 Å². The molecule has 4 amide bonds. The Kier molecular flexibility index (Phi) is 11.4. The van der Waals surface area contributed by atoms with Crippen LogP contribution >= 0.6 is 0 Å². The van der Waals surface area contributed by atoms with Crippen LogP contribution in [-0.4, -0.2) is 66.5 Å². The summed E-state index contributed by atoms with van der Waals surface area (Å²) in [6.45, 7) is 9.09. The van der Waals surface area contributed by atoms with E-state index in [-0.39, 0.29) is 47.5 Å². The fraction of sp³-hybridized carbons (Fsp3) is 0.346. The number of rotatable bonds is 12. The third-order valence-corrected chi connectivity index (χ3v) is 13.3. The van der Waals surface area contributed by atoms with Crippen LogP contribution in [0.25, 0.3) is 33.6 Å². The van der Waals surface area contributed by atoms with Crippen LogP contribution in [-0.2, 0) is 32.4 Å². The Morgan fingerprint density at radius 2 is 1.02 bits per heavy atom. The molecule has 0 unspecified atom stereocenters. The van der Waals surface area contributed by atoms with Crippen LogP contribution < -0.4 is 20.1 Å². The minimum Gasteiger partial charge on any atom is -0.488 e. The Balaban J connectivity index is 0.876. The van der Waals surface area contributed by atoms with Gasteiger partial charge in [0.05, 0.1) is 35.9 Å². The number of carbonyl (C=O) groups is 4. The quantitative estimate of drug-likeness (QED) is 0.0950. The van der Waals surface area contributed by atoms with Crippen molar-refractivity contribution in [2.24, 2.45) is 11.8 Å². The Labute approximate surface area is 383 Å². The number of nitrogens with one attached hydrogen (secondary N) is 4. The lowest BCUT2D eigenvalue weighted by Gasteiger charge is -2.30. The number of aromatic nitrogens is 4. The Hall–Kier alpha value is -7.22. The van der Waals surface area contributed by atoms with E-state index in [4.69, 9.17) is 19.4 Å². The van der Waals surface area contributed by atoms with Gasteiger partial charge in [-0.05, 0) is 61.1 Å². The summed E-state index contributed by atoms with van der Waals surface area (Å²) in [5.74, 6) is 1.73. The number of ether oxygens (including phenoxy) is 2. The monoisotopic (exact) mass is 886 g/mol. The van der Waals surface area contributed by atoms with Crippen LogP contribution in [0.1, 0.15) is 111 Å². The van der Waals surface area contributed by atoms with Crippen LogP contribution in [0.4, 0.5) is 0 Å². The molecule has 10 rings (SSSR count). The predicted octanol–water partition coefficient (Wildman–Crippen LogP) is 8.27. The van der Waals surface area contributed by atoms with Crippen LogP contribution in [0.5, 0.6) is 11.5 Å². The van der Waals surface area contributed by atoms with E-state index in [1.807, 2.05) is 123 Å². The highest BCUT2D eigenvalue weighted by Crippen LogP contribution is 2.51. The van der Waals surface area contributed by atoms with E-state index in [0.717, 1.165) is 93.1 Å². The number of hydrogen-bond donors (Lipinski definition) is 4. The first-order valence-corrected chi connectivity index (χ1v) is 23.0. The van der Waals surface area contributed by atoms with Crippen molar-refractivity contribution in [1.82, 2.24) is 40.4 Å². The van der Waals surface area contributed by atoms with Gasteiger partial charge in [0.25, 0.3) is 0 Å². The fourth-order valence-electron chi connectivity index (χ4n) is 9.74. The molecular weight excluding hydrogens is 833 g/mol. The molecule has 2 saturated heterocycles. The van der Waals surface area contributed by atoms with E-state index in [9.17, 15) is 19.2 Å². The first-order chi connectivity index (χ1) is 32.0. The van der Waals surface area contributed by atoms with Gasteiger partial charge in [-0.25, -0.2) is 9.97 Å². The zero-order chi connectivity index (χ0) is 45.6. The molecule has 4 atom stereocenters. The Morgan fingerprint density at radius 1 is 0.606 bits per heavy atom. The molecule has 4 aliphatic rings. The van der Waals surface area contributed by atoms with Crippen LogP contribution in [0.2, 0.25) is 0 Å². The van der Waals surface area contributed by atoms with E-state index in [1.165, 1.54) is 0 Å². The average Bonchev–Trinajstić information content (AvgIpc) is 4.19. The second-order valence-corrected chi connectivity index (χ2v) is 18.4. The Morgan fingerprint density at radius 3 is 1.41 bits per heavy atom. The zero-order valence-corrected chi connectivity index (χ0v) is 37.6. The largest absolute Gasteiger partial charge is 0.488 e. The standard InChI is InChI=1S/C52H54N8O6/c1-29(2)49(61)57-45(31-13-7-5-8-14-31)51(63)59-19-11-17-39(59)47-53-25-37(55-47)33-21-35-27-66-42-24-34(22-36-28-65-41(23-33)43(35)44(36)42)38-26-54-48(56-38)40-18-12-20-60(40)52(64)46(58-50(62)30(3)4)32-15-9-6-10-16-32/h5-10,13-16,21-26,29-30,39-40,45-46H,11-12,17-20,27-28H2,1-4H3,(H,53,55)(H,54,56)(H,57,61)(H,58,62)/t39-,40-,45+,46+/m0/s1. The highest BCUT2D eigenvalue weighted by Gasteiger charge is 2.39. The molecule has 66 heavy (non-hydrogen) atoms. The lowest BCUT2D eigenvalue weighted by atomic mass is 9.87. The third-order valence-electron chi connectivity index (χ3n) is 13.3. The van der Waals surface area contributed by atoms with Crippen molar-refractivity contribution in [1.29, 1.82) is 0 Å². The lowest BCUT2D eigenvalue weighted by Crippen LogP contribution is -2.44. The summed E-state index contributed by atoms with van der Waals surface area (Å²) in [5, 5.41) is 5.99. The molecule has 0 bridgehead atoms. The molecule has 0 radical (unpaired) electrons. The maximum absolute atomic E-state index is 14.2. The first-order valence-electron chi connectivity index (χ1n) is 23.0. The average molecular weight is 887 g/mol. The summed E-state index contributed by atoms with van der Waals surface area (Å²) in [7, 11) is 0. The van der Waals surface area contributed by atoms with Gasteiger partial charge in [0.1, 0.15) is 48.4 Å². The molecule has 4 N–H and O–H groups in total. The van der Waals surface area contributed by atoms with Gasteiger partial charge in [-0.1, -0.05) is 88.4 Å².